The van der Waals surface area contributed by atoms with Gasteiger partial charge in [0.15, 0.2) is 0 Å². The number of nitrogen functional groups attached to an aromatic ring is 1. The quantitative estimate of drug-likeness (QED) is 0.870. The van der Waals surface area contributed by atoms with Crippen LogP contribution >= 0.6 is 0 Å². The van der Waals surface area contributed by atoms with Crippen LogP contribution in [-0.4, -0.2) is 17.1 Å². The van der Waals surface area contributed by atoms with E-state index in [4.69, 9.17) is 15.7 Å². The van der Waals surface area contributed by atoms with Gasteiger partial charge in [0.1, 0.15) is 5.82 Å². The molecule has 3 N–H and O–H groups in total. The molecule has 0 unspecified atom stereocenters. The predicted octanol–water partition coefficient (Wildman–Crippen LogP) is 1.99. The van der Waals surface area contributed by atoms with E-state index in [1.165, 1.54) is 7.11 Å². The number of nitrogens with two attached hydrogens (primary N) is 1. The molecule has 19 heavy (non-hydrogen) atoms. The lowest BCUT2D eigenvalue weighted by atomic mass is 10.1. The Morgan fingerprint density at radius 2 is 2.11 bits per heavy atom. The monoisotopic (exact) mass is 255 g/mol. The Balaban J connectivity index is 2.36. The molecule has 0 saturated heterocycles. The number of aromatic nitrogens is 2. The Morgan fingerprint density at radius 3 is 2.79 bits per heavy atom. The van der Waals surface area contributed by atoms with Gasteiger partial charge in [-0.05, 0) is 24.6 Å². The molecular weight excluding hydrogens is 242 g/mol. The molecule has 0 aliphatic heterocycles. The van der Waals surface area contributed by atoms with E-state index in [1.807, 2.05) is 13.0 Å². The van der Waals surface area contributed by atoms with Crippen LogP contribution in [0.1, 0.15) is 11.1 Å². The molecule has 1 aromatic heterocycles. The summed E-state index contributed by atoms with van der Waals surface area (Å²) < 4.78 is 5.03. The van der Waals surface area contributed by atoms with E-state index < -0.39 is 0 Å². The number of rotatable bonds is 3. The van der Waals surface area contributed by atoms with Crippen molar-refractivity contribution in [3.05, 3.63) is 35.4 Å². The van der Waals surface area contributed by atoms with Crippen LogP contribution in [-0.2, 0) is 0 Å². The zero-order valence-corrected chi connectivity index (χ0v) is 10.6. The van der Waals surface area contributed by atoms with Gasteiger partial charge in [0, 0.05) is 11.8 Å². The average molecular weight is 255 g/mol. The zero-order chi connectivity index (χ0) is 13.8. The van der Waals surface area contributed by atoms with Gasteiger partial charge in [0.25, 0.3) is 0 Å². The SMILES string of the molecule is COc1cc(Nc2cc(C#N)ccc2C)nc(N)n1. The number of nitriles is 1. The normalized spacial score (nSPS) is 9.74. The van der Waals surface area contributed by atoms with E-state index in [0.717, 1.165) is 11.3 Å². The molecule has 2 aromatic rings. The molecule has 0 radical (unpaired) electrons. The van der Waals surface area contributed by atoms with Crippen LogP contribution in [0.25, 0.3) is 0 Å². The smallest absolute Gasteiger partial charge is 0.225 e. The maximum Gasteiger partial charge on any atom is 0.225 e. The first-order valence-corrected chi connectivity index (χ1v) is 5.58. The molecular formula is C13H13N5O. The Hall–Kier alpha value is -2.81. The summed E-state index contributed by atoms with van der Waals surface area (Å²) in [7, 11) is 1.51. The van der Waals surface area contributed by atoms with Crippen LogP contribution in [0.3, 0.4) is 0 Å². The highest BCUT2D eigenvalue weighted by Crippen LogP contribution is 2.23. The molecule has 0 fully saturated rings. The van der Waals surface area contributed by atoms with Crippen molar-refractivity contribution in [1.29, 1.82) is 5.26 Å². The van der Waals surface area contributed by atoms with Gasteiger partial charge in [-0.2, -0.15) is 15.2 Å². The lowest BCUT2D eigenvalue weighted by Crippen LogP contribution is -2.02. The van der Waals surface area contributed by atoms with Gasteiger partial charge >= 0.3 is 0 Å². The third kappa shape index (κ3) is 2.90. The molecule has 6 nitrogen and oxygen atoms in total. The minimum Gasteiger partial charge on any atom is -0.481 e. The Labute approximate surface area is 110 Å². The Kier molecular flexibility index (Phi) is 3.48. The fraction of sp³-hybridized carbons (Fsp3) is 0.154. The minimum absolute atomic E-state index is 0.121. The van der Waals surface area contributed by atoms with Gasteiger partial charge in [-0.15, -0.1) is 0 Å². The summed E-state index contributed by atoms with van der Waals surface area (Å²) in [5.74, 6) is 1.02. The van der Waals surface area contributed by atoms with Crippen LogP contribution in [0.5, 0.6) is 5.88 Å². The number of anilines is 3. The largest absolute Gasteiger partial charge is 0.481 e. The predicted molar refractivity (Wildman–Crippen MR) is 72.2 cm³/mol. The van der Waals surface area contributed by atoms with Crippen molar-refractivity contribution in [3.63, 3.8) is 0 Å². The lowest BCUT2D eigenvalue weighted by molar-refractivity contribution is 0.398. The summed E-state index contributed by atoms with van der Waals surface area (Å²) in [5.41, 5.74) is 7.95. The molecule has 0 aliphatic carbocycles. The number of hydrogen-bond acceptors (Lipinski definition) is 6. The fourth-order valence-corrected chi connectivity index (χ4v) is 1.58. The van der Waals surface area contributed by atoms with Crippen LogP contribution in [0.15, 0.2) is 24.3 Å². The molecule has 1 heterocycles. The molecule has 96 valence electrons. The van der Waals surface area contributed by atoms with E-state index in [0.29, 0.717) is 17.3 Å². The highest BCUT2D eigenvalue weighted by molar-refractivity contribution is 5.63. The highest BCUT2D eigenvalue weighted by Gasteiger charge is 2.05. The summed E-state index contributed by atoms with van der Waals surface area (Å²) in [6.45, 7) is 1.94. The molecule has 0 amide bonds. The number of methoxy groups -OCH3 is 1. The molecule has 0 atom stereocenters. The third-order valence-corrected chi connectivity index (χ3v) is 2.56. The third-order valence-electron chi connectivity index (χ3n) is 2.56. The van der Waals surface area contributed by atoms with Crippen molar-refractivity contribution in [2.45, 2.75) is 6.92 Å². The molecule has 0 spiro atoms. The molecule has 0 aliphatic rings. The minimum atomic E-state index is 0.121. The molecule has 6 heteroatoms. The maximum absolute atomic E-state index is 8.90. The number of benzene rings is 1. The number of nitrogens with zero attached hydrogens (tertiary/aromatic N) is 3. The van der Waals surface area contributed by atoms with Gasteiger partial charge in [0.2, 0.25) is 11.8 Å². The van der Waals surface area contributed by atoms with E-state index in [1.54, 1.807) is 18.2 Å². The second-order valence-corrected chi connectivity index (χ2v) is 3.92. The zero-order valence-electron chi connectivity index (χ0n) is 10.6. The molecule has 0 saturated carbocycles. The second kappa shape index (κ2) is 5.23. The maximum atomic E-state index is 8.90. The first-order valence-electron chi connectivity index (χ1n) is 5.58. The lowest BCUT2D eigenvalue weighted by Gasteiger charge is -2.10. The average Bonchev–Trinajstić information content (AvgIpc) is 2.40. The molecule has 1 aromatic carbocycles. The summed E-state index contributed by atoms with van der Waals surface area (Å²) in [6.07, 6.45) is 0. The first-order chi connectivity index (χ1) is 9.12. The van der Waals surface area contributed by atoms with Crippen LogP contribution < -0.4 is 15.8 Å². The van der Waals surface area contributed by atoms with Gasteiger partial charge in [0.05, 0.1) is 18.7 Å². The summed E-state index contributed by atoms with van der Waals surface area (Å²) in [4.78, 5) is 7.97. The summed E-state index contributed by atoms with van der Waals surface area (Å²) in [5, 5.41) is 12.0. The highest BCUT2D eigenvalue weighted by atomic mass is 16.5. The van der Waals surface area contributed by atoms with Gasteiger partial charge in [-0.25, -0.2) is 0 Å². The van der Waals surface area contributed by atoms with Crippen molar-refractivity contribution in [1.82, 2.24) is 9.97 Å². The Bertz CT molecular complexity index is 648. The van der Waals surface area contributed by atoms with Gasteiger partial charge in [-0.3, -0.25) is 0 Å². The van der Waals surface area contributed by atoms with Crippen molar-refractivity contribution in [2.24, 2.45) is 0 Å². The van der Waals surface area contributed by atoms with E-state index in [9.17, 15) is 0 Å². The number of aryl methyl sites for hydroxylation is 1. The van der Waals surface area contributed by atoms with Crippen molar-refractivity contribution >= 4 is 17.5 Å². The number of nitrogens with one attached hydrogen (secondary N) is 1. The van der Waals surface area contributed by atoms with Gasteiger partial charge < -0.3 is 15.8 Å². The van der Waals surface area contributed by atoms with Crippen molar-refractivity contribution < 1.29 is 4.74 Å². The standard InChI is InChI=1S/C13H13N5O/c1-8-3-4-9(7-14)5-10(8)16-11-6-12(19-2)18-13(15)17-11/h3-6H,1-2H3,(H3,15,16,17,18). The Morgan fingerprint density at radius 1 is 1.32 bits per heavy atom. The number of ether oxygens (including phenoxy) is 1. The summed E-state index contributed by atoms with van der Waals surface area (Å²) in [6, 6.07) is 9.10. The summed E-state index contributed by atoms with van der Waals surface area (Å²) >= 11 is 0. The van der Waals surface area contributed by atoms with Gasteiger partial charge in [-0.1, -0.05) is 6.07 Å². The fourth-order valence-electron chi connectivity index (χ4n) is 1.58. The van der Waals surface area contributed by atoms with Crippen LogP contribution in [0.4, 0.5) is 17.5 Å². The van der Waals surface area contributed by atoms with Crippen molar-refractivity contribution in [3.8, 4) is 11.9 Å². The second-order valence-electron chi connectivity index (χ2n) is 3.92. The van der Waals surface area contributed by atoms with Crippen LogP contribution in [0.2, 0.25) is 0 Å². The first kappa shape index (κ1) is 12.6. The number of hydrogen-bond donors (Lipinski definition) is 2. The van der Waals surface area contributed by atoms with Crippen LogP contribution in [0, 0.1) is 18.3 Å². The van der Waals surface area contributed by atoms with E-state index in [2.05, 4.69) is 21.4 Å². The molecule has 2 rings (SSSR count). The molecule has 0 bridgehead atoms. The van der Waals surface area contributed by atoms with E-state index in [-0.39, 0.29) is 5.95 Å². The van der Waals surface area contributed by atoms with Crippen molar-refractivity contribution in [2.75, 3.05) is 18.2 Å². The topological polar surface area (TPSA) is 96.8 Å². The van der Waals surface area contributed by atoms with E-state index >= 15 is 0 Å².